The van der Waals surface area contributed by atoms with Crippen LogP contribution >= 0.6 is 0 Å². The summed E-state index contributed by atoms with van der Waals surface area (Å²) in [6, 6.07) is 5.73. The first-order valence-corrected chi connectivity index (χ1v) is 8.67. The Bertz CT molecular complexity index is 736. The number of anilines is 1. The maximum absolute atomic E-state index is 12.4. The third-order valence-corrected chi connectivity index (χ3v) is 5.61. The number of amides is 1. The Hall–Kier alpha value is -2.37. The highest BCUT2D eigenvalue weighted by molar-refractivity contribution is 5.93. The fourth-order valence-corrected chi connectivity index (χ4v) is 4.80. The Morgan fingerprint density at radius 1 is 1.20 bits per heavy atom. The van der Waals surface area contributed by atoms with E-state index in [2.05, 4.69) is 5.32 Å². The van der Waals surface area contributed by atoms with E-state index >= 15 is 0 Å². The highest BCUT2D eigenvalue weighted by Gasteiger charge is 2.64. The largest absolute Gasteiger partial charge is 0.462 e. The second-order valence-corrected chi connectivity index (χ2v) is 7.45. The molecule has 0 aromatic heterocycles. The number of fused-ring (bicyclic) bond motifs is 1. The number of benzene rings is 1. The van der Waals surface area contributed by atoms with Gasteiger partial charge in [-0.05, 0) is 55.9 Å². The van der Waals surface area contributed by atoms with E-state index in [1.54, 1.807) is 0 Å². The molecule has 132 valence electrons. The quantitative estimate of drug-likeness (QED) is 0.846. The number of aryl methyl sites for hydroxylation is 2. The van der Waals surface area contributed by atoms with Crippen LogP contribution in [0, 0.1) is 37.5 Å². The molecule has 2 bridgehead atoms. The van der Waals surface area contributed by atoms with Crippen LogP contribution in [0.2, 0.25) is 0 Å². The molecule has 1 heterocycles. The van der Waals surface area contributed by atoms with Crippen LogP contribution in [0.1, 0.15) is 24.0 Å². The van der Waals surface area contributed by atoms with Gasteiger partial charge in [-0.1, -0.05) is 6.07 Å². The van der Waals surface area contributed by atoms with E-state index in [1.165, 1.54) is 0 Å². The smallest absolute Gasteiger partial charge is 0.310 e. The van der Waals surface area contributed by atoms with Crippen LogP contribution in [-0.4, -0.2) is 30.6 Å². The lowest BCUT2D eigenvalue weighted by Gasteiger charge is -2.22. The zero-order valence-corrected chi connectivity index (χ0v) is 14.3. The first-order valence-electron chi connectivity index (χ1n) is 8.67. The molecule has 1 saturated heterocycles. The molecule has 4 rings (SSSR count). The molecular formula is C19H21NO5. The molecule has 0 spiro atoms. The van der Waals surface area contributed by atoms with Crippen molar-refractivity contribution in [3.63, 3.8) is 0 Å². The molecule has 6 nitrogen and oxygen atoms in total. The Kier molecular flexibility index (Phi) is 3.78. The third kappa shape index (κ3) is 2.79. The molecule has 1 aromatic rings. The molecule has 3 aliphatic rings. The van der Waals surface area contributed by atoms with Crippen LogP contribution in [0.25, 0.3) is 0 Å². The van der Waals surface area contributed by atoms with E-state index in [0.29, 0.717) is 5.69 Å². The van der Waals surface area contributed by atoms with Crippen LogP contribution in [0.15, 0.2) is 18.2 Å². The van der Waals surface area contributed by atoms with Crippen LogP contribution in [0.5, 0.6) is 0 Å². The molecule has 6 heteroatoms. The van der Waals surface area contributed by atoms with Gasteiger partial charge in [-0.2, -0.15) is 0 Å². The number of carbonyl (C=O) groups is 3. The van der Waals surface area contributed by atoms with Gasteiger partial charge in [0.15, 0.2) is 6.61 Å². The second-order valence-electron chi connectivity index (χ2n) is 7.45. The molecule has 5 atom stereocenters. The van der Waals surface area contributed by atoms with Crippen molar-refractivity contribution < 1.29 is 23.9 Å². The lowest BCUT2D eigenvalue weighted by Crippen LogP contribution is -2.34. The minimum atomic E-state index is -0.453. The van der Waals surface area contributed by atoms with Crippen LogP contribution in [0.4, 0.5) is 5.69 Å². The van der Waals surface area contributed by atoms with Gasteiger partial charge in [-0.15, -0.1) is 0 Å². The first-order chi connectivity index (χ1) is 11.9. The minimum Gasteiger partial charge on any atom is -0.462 e. The molecule has 1 amide bonds. The zero-order valence-electron chi connectivity index (χ0n) is 14.3. The highest BCUT2D eigenvalue weighted by atomic mass is 16.6. The van der Waals surface area contributed by atoms with E-state index in [0.717, 1.165) is 24.0 Å². The summed E-state index contributed by atoms with van der Waals surface area (Å²) in [6.07, 6.45) is 1.57. The minimum absolute atomic E-state index is 0.0144. The lowest BCUT2D eigenvalue weighted by atomic mass is 9.80. The predicted octanol–water partition coefficient (Wildman–Crippen LogP) is 1.98. The average molecular weight is 343 g/mol. The predicted molar refractivity (Wildman–Crippen MR) is 88.6 cm³/mol. The van der Waals surface area contributed by atoms with Crippen LogP contribution in [0.3, 0.4) is 0 Å². The van der Waals surface area contributed by atoms with Crippen molar-refractivity contribution in [2.45, 2.75) is 32.8 Å². The number of nitrogens with one attached hydrogen (secondary N) is 1. The number of ether oxygens (including phenoxy) is 2. The van der Waals surface area contributed by atoms with Crippen molar-refractivity contribution in [1.82, 2.24) is 0 Å². The van der Waals surface area contributed by atoms with E-state index in [-0.39, 0.29) is 42.3 Å². The summed E-state index contributed by atoms with van der Waals surface area (Å²) in [5.41, 5.74) is 2.77. The van der Waals surface area contributed by atoms with E-state index in [4.69, 9.17) is 9.47 Å². The molecule has 1 aliphatic heterocycles. The Morgan fingerprint density at radius 3 is 2.64 bits per heavy atom. The van der Waals surface area contributed by atoms with Gasteiger partial charge in [0, 0.05) is 11.6 Å². The zero-order chi connectivity index (χ0) is 17.7. The van der Waals surface area contributed by atoms with Gasteiger partial charge in [0.2, 0.25) is 0 Å². The molecule has 0 unspecified atom stereocenters. The van der Waals surface area contributed by atoms with Crippen molar-refractivity contribution in [3.05, 3.63) is 29.3 Å². The maximum Gasteiger partial charge on any atom is 0.310 e. The fourth-order valence-electron chi connectivity index (χ4n) is 4.80. The van der Waals surface area contributed by atoms with Gasteiger partial charge >= 0.3 is 11.9 Å². The molecule has 2 aliphatic carbocycles. The number of carbonyl (C=O) groups excluding carboxylic acids is 3. The molecule has 2 saturated carbocycles. The third-order valence-electron chi connectivity index (χ3n) is 5.61. The number of esters is 2. The standard InChI is InChI=1S/C19H21NO5/c1-9-3-10(2)5-12(4-9)20-15(21)8-24-18(22)16-11-6-13-14(7-11)25-19(23)17(13)16/h3-5,11,13-14,16-17H,6-8H2,1-2H3,(H,20,21)/t11-,13+,14+,16-,17-/m1/s1. The molecule has 25 heavy (non-hydrogen) atoms. The van der Waals surface area contributed by atoms with Crippen molar-refractivity contribution in [2.24, 2.45) is 23.7 Å². The number of hydrogen-bond acceptors (Lipinski definition) is 5. The van der Waals surface area contributed by atoms with Gasteiger partial charge in [-0.25, -0.2) is 0 Å². The van der Waals surface area contributed by atoms with E-state index in [1.807, 2.05) is 32.0 Å². The molecule has 0 radical (unpaired) electrons. The summed E-state index contributed by atoms with van der Waals surface area (Å²) >= 11 is 0. The van der Waals surface area contributed by atoms with Gasteiger partial charge in [0.05, 0.1) is 11.8 Å². The average Bonchev–Trinajstić information content (AvgIpc) is 3.13. The SMILES string of the molecule is Cc1cc(C)cc(NC(=O)COC(=O)[C@@H]2[C@@H]3C[C@@H]4[C@H]2C(=O)O[C@H]4C3)c1. The summed E-state index contributed by atoms with van der Waals surface area (Å²) in [7, 11) is 0. The normalized spacial score (nSPS) is 31.8. The molecule has 3 fully saturated rings. The van der Waals surface area contributed by atoms with Crippen LogP contribution in [-0.2, 0) is 23.9 Å². The van der Waals surface area contributed by atoms with Gasteiger partial charge in [0.1, 0.15) is 6.10 Å². The second kappa shape index (κ2) is 5.86. The van der Waals surface area contributed by atoms with Gasteiger partial charge in [0.25, 0.3) is 5.91 Å². The Balaban J connectivity index is 1.34. The topological polar surface area (TPSA) is 81.7 Å². The summed E-state index contributed by atoms with van der Waals surface area (Å²) in [6.45, 7) is 3.56. The highest BCUT2D eigenvalue weighted by Crippen LogP contribution is 2.57. The van der Waals surface area contributed by atoms with Crippen molar-refractivity contribution >= 4 is 23.5 Å². The summed E-state index contributed by atoms with van der Waals surface area (Å²) in [4.78, 5) is 36.4. The summed E-state index contributed by atoms with van der Waals surface area (Å²) < 4.78 is 10.5. The summed E-state index contributed by atoms with van der Waals surface area (Å²) in [5, 5.41) is 2.74. The maximum atomic E-state index is 12.4. The number of hydrogen-bond donors (Lipinski definition) is 1. The lowest BCUT2D eigenvalue weighted by molar-refractivity contribution is -0.157. The fraction of sp³-hybridized carbons (Fsp3) is 0.526. The summed E-state index contributed by atoms with van der Waals surface area (Å²) in [5.74, 6) is -1.65. The van der Waals surface area contributed by atoms with Crippen LogP contribution < -0.4 is 5.32 Å². The van der Waals surface area contributed by atoms with Crippen molar-refractivity contribution in [1.29, 1.82) is 0 Å². The Morgan fingerprint density at radius 2 is 1.92 bits per heavy atom. The van der Waals surface area contributed by atoms with E-state index in [9.17, 15) is 14.4 Å². The van der Waals surface area contributed by atoms with E-state index < -0.39 is 11.9 Å². The van der Waals surface area contributed by atoms with Gasteiger partial charge in [-0.3, -0.25) is 14.4 Å². The molecule has 1 N–H and O–H groups in total. The van der Waals surface area contributed by atoms with Gasteiger partial charge < -0.3 is 14.8 Å². The van der Waals surface area contributed by atoms with Crippen molar-refractivity contribution in [3.8, 4) is 0 Å². The number of rotatable bonds is 4. The molecular weight excluding hydrogens is 322 g/mol. The molecule has 1 aromatic carbocycles. The Labute approximate surface area is 145 Å². The van der Waals surface area contributed by atoms with Crippen molar-refractivity contribution in [2.75, 3.05) is 11.9 Å². The monoisotopic (exact) mass is 343 g/mol. The first kappa shape index (κ1) is 16.1.